The Morgan fingerprint density at radius 1 is 1.39 bits per heavy atom. The number of thiophene rings is 1. The van der Waals surface area contributed by atoms with E-state index in [4.69, 9.17) is 16.8 Å². The van der Waals surface area contributed by atoms with Gasteiger partial charge in [0, 0.05) is 37.7 Å². The van der Waals surface area contributed by atoms with E-state index >= 15 is 0 Å². The molecule has 0 aromatic carbocycles. The van der Waals surface area contributed by atoms with Gasteiger partial charge in [0.1, 0.15) is 0 Å². The number of aromatic nitrogens is 1. The summed E-state index contributed by atoms with van der Waals surface area (Å²) in [7, 11) is 0. The molecule has 23 heavy (non-hydrogen) atoms. The summed E-state index contributed by atoms with van der Waals surface area (Å²) in [6, 6.07) is 9.98. The van der Waals surface area contributed by atoms with Crippen molar-refractivity contribution in [2.24, 2.45) is 11.6 Å². The van der Waals surface area contributed by atoms with E-state index in [1.54, 1.807) is 23.7 Å². The minimum absolute atomic E-state index is 0.369. The molecule has 124 valence electrons. The number of pyridine rings is 1. The summed E-state index contributed by atoms with van der Waals surface area (Å²) in [4.78, 5) is 5.47. The van der Waals surface area contributed by atoms with E-state index in [0.29, 0.717) is 25.3 Å². The molecule has 0 unspecified atom stereocenters. The lowest BCUT2D eigenvalue weighted by atomic mass is 10.3. The standard InChI is InChI=1S/C14H20N6OS2/c15-11(10-20(16)8-7-18-21)9-19-23-14-5-4-13(22-14)12-3-1-2-6-17-12/h1-6,10,18-19,21H,7-9,15-16H2/b11-10-. The van der Waals surface area contributed by atoms with Crippen molar-refractivity contribution in [2.75, 3.05) is 19.6 Å². The smallest absolute Gasteiger partial charge is 0.0802 e. The normalized spacial score (nSPS) is 11.7. The largest absolute Gasteiger partial charge is 0.400 e. The fourth-order valence-electron chi connectivity index (χ4n) is 1.71. The van der Waals surface area contributed by atoms with Gasteiger partial charge in [-0.1, -0.05) is 6.07 Å². The Morgan fingerprint density at radius 3 is 3.00 bits per heavy atom. The van der Waals surface area contributed by atoms with Gasteiger partial charge in [-0.25, -0.2) is 11.3 Å². The monoisotopic (exact) mass is 352 g/mol. The fourth-order valence-corrected chi connectivity index (χ4v) is 3.56. The number of nitrogens with one attached hydrogen (secondary N) is 2. The third kappa shape index (κ3) is 6.18. The molecule has 2 rings (SSSR count). The van der Waals surface area contributed by atoms with Gasteiger partial charge in [-0.05, 0) is 36.2 Å². The van der Waals surface area contributed by atoms with Crippen molar-refractivity contribution in [3.63, 3.8) is 0 Å². The number of hydrogen-bond acceptors (Lipinski definition) is 9. The molecule has 0 aliphatic heterocycles. The summed E-state index contributed by atoms with van der Waals surface area (Å²) in [5.41, 5.74) is 9.50. The van der Waals surface area contributed by atoms with Crippen LogP contribution in [0.25, 0.3) is 10.6 Å². The summed E-state index contributed by atoms with van der Waals surface area (Å²) in [5.74, 6) is 5.70. The predicted octanol–water partition coefficient (Wildman–Crippen LogP) is 1.36. The molecule has 2 aromatic rings. The lowest BCUT2D eigenvalue weighted by Gasteiger charge is -2.14. The highest BCUT2D eigenvalue weighted by Crippen LogP contribution is 2.31. The van der Waals surface area contributed by atoms with E-state index < -0.39 is 0 Å². The minimum Gasteiger partial charge on any atom is -0.400 e. The second-order valence-corrected chi connectivity index (χ2v) is 6.88. The molecule has 0 fully saturated rings. The lowest BCUT2D eigenvalue weighted by Crippen LogP contribution is -2.33. The molecule has 9 heteroatoms. The Hall–Kier alpha value is -1.62. The molecule has 0 amide bonds. The first-order valence-corrected chi connectivity index (χ1v) is 8.57. The molecule has 2 heterocycles. The highest BCUT2D eigenvalue weighted by atomic mass is 32.2. The Labute approximate surface area is 143 Å². The Kier molecular flexibility index (Phi) is 7.33. The molecule has 0 saturated carbocycles. The van der Waals surface area contributed by atoms with Gasteiger partial charge in [0.25, 0.3) is 0 Å². The Bertz CT molecular complexity index is 619. The van der Waals surface area contributed by atoms with Crippen molar-refractivity contribution in [1.29, 1.82) is 0 Å². The van der Waals surface area contributed by atoms with Gasteiger partial charge in [-0.3, -0.25) is 9.71 Å². The van der Waals surface area contributed by atoms with Crippen molar-refractivity contribution in [1.82, 2.24) is 20.2 Å². The highest BCUT2D eigenvalue weighted by Gasteiger charge is 2.04. The van der Waals surface area contributed by atoms with Gasteiger partial charge in [-0.15, -0.1) is 11.3 Å². The van der Waals surface area contributed by atoms with Crippen molar-refractivity contribution in [3.8, 4) is 10.6 Å². The molecule has 7 N–H and O–H groups in total. The highest BCUT2D eigenvalue weighted by molar-refractivity contribution is 7.99. The molecule has 0 saturated heterocycles. The second-order valence-electron chi connectivity index (χ2n) is 4.61. The van der Waals surface area contributed by atoms with Crippen LogP contribution in [-0.4, -0.2) is 34.8 Å². The van der Waals surface area contributed by atoms with Crippen LogP contribution in [0.5, 0.6) is 0 Å². The van der Waals surface area contributed by atoms with E-state index in [1.807, 2.05) is 23.7 Å². The zero-order valence-corrected chi connectivity index (χ0v) is 14.1. The number of rotatable bonds is 9. The van der Waals surface area contributed by atoms with E-state index in [-0.39, 0.29) is 0 Å². The maximum absolute atomic E-state index is 8.50. The summed E-state index contributed by atoms with van der Waals surface area (Å²) in [6.45, 7) is 1.33. The molecular formula is C14H20N6OS2. The second kappa shape index (κ2) is 9.50. The number of hydrazine groups is 1. The van der Waals surface area contributed by atoms with E-state index in [9.17, 15) is 0 Å². The molecule has 7 nitrogen and oxygen atoms in total. The van der Waals surface area contributed by atoms with Crippen LogP contribution in [0.2, 0.25) is 0 Å². The lowest BCUT2D eigenvalue weighted by molar-refractivity contribution is 0.156. The number of nitrogens with zero attached hydrogens (tertiary/aromatic N) is 2. The summed E-state index contributed by atoms with van der Waals surface area (Å²) >= 11 is 3.19. The van der Waals surface area contributed by atoms with Gasteiger partial charge in [-0.2, -0.15) is 0 Å². The van der Waals surface area contributed by atoms with Crippen LogP contribution in [0.3, 0.4) is 0 Å². The van der Waals surface area contributed by atoms with Crippen LogP contribution in [-0.2, 0) is 0 Å². The maximum atomic E-state index is 8.50. The molecule has 2 aromatic heterocycles. The first-order valence-electron chi connectivity index (χ1n) is 6.94. The Balaban J connectivity index is 1.78. The summed E-state index contributed by atoms with van der Waals surface area (Å²) in [5, 5.41) is 9.92. The van der Waals surface area contributed by atoms with Crippen molar-refractivity contribution in [3.05, 3.63) is 48.4 Å². The minimum atomic E-state index is 0.369. The van der Waals surface area contributed by atoms with E-state index in [0.717, 1.165) is 14.8 Å². The first kappa shape index (κ1) is 17.7. The summed E-state index contributed by atoms with van der Waals surface area (Å²) < 4.78 is 4.33. The number of hydrogen-bond donors (Lipinski definition) is 5. The molecule has 0 aliphatic rings. The quantitative estimate of drug-likeness (QED) is 0.261. The topological polar surface area (TPSA) is 112 Å². The third-order valence-electron chi connectivity index (χ3n) is 2.76. The zero-order valence-electron chi connectivity index (χ0n) is 12.5. The number of nitrogens with two attached hydrogens (primary N) is 2. The van der Waals surface area contributed by atoms with Crippen LogP contribution in [0.1, 0.15) is 0 Å². The SMILES string of the molecule is N/C(=C\N(N)CCNO)CNSc1ccc(-c2ccccn2)s1. The van der Waals surface area contributed by atoms with Gasteiger partial charge in [0.15, 0.2) is 0 Å². The van der Waals surface area contributed by atoms with Crippen LogP contribution in [0, 0.1) is 0 Å². The molecule has 0 spiro atoms. The van der Waals surface area contributed by atoms with Gasteiger partial charge in [0.05, 0.1) is 14.8 Å². The predicted molar refractivity (Wildman–Crippen MR) is 94.4 cm³/mol. The fraction of sp³-hybridized carbons (Fsp3) is 0.214. The average Bonchev–Trinajstić information content (AvgIpc) is 3.02. The van der Waals surface area contributed by atoms with Crippen molar-refractivity contribution >= 4 is 23.3 Å². The van der Waals surface area contributed by atoms with Gasteiger partial charge >= 0.3 is 0 Å². The van der Waals surface area contributed by atoms with Crippen LogP contribution in [0.4, 0.5) is 0 Å². The molecule has 0 atom stereocenters. The van der Waals surface area contributed by atoms with E-state index in [1.165, 1.54) is 17.0 Å². The molecule has 0 aliphatic carbocycles. The molecule has 0 radical (unpaired) electrons. The zero-order chi connectivity index (χ0) is 16.5. The van der Waals surface area contributed by atoms with Crippen LogP contribution >= 0.6 is 23.3 Å². The van der Waals surface area contributed by atoms with Crippen molar-refractivity contribution in [2.45, 2.75) is 4.21 Å². The molecule has 0 bridgehead atoms. The number of hydroxylamine groups is 1. The van der Waals surface area contributed by atoms with Crippen LogP contribution < -0.4 is 21.8 Å². The Morgan fingerprint density at radius 2 is 2.26 bits per heavy atom. The average molecular weight is 352 g/mol. The van der Waals surface area contributed by atoms with Crippen LogP contribution in [0.15, 0.2) is 52.6 Å². The molecular weight excluding hydrogens is 332 g/mol. The third-order valence-corrected chi connectivity index (χ3v) is 4.79. The van der Waals surface area contributed by atoms with E-state index in [2.05, 4.69) is 21.8 Å². The van der Waals surface area contributed by atoms with Gasteiger partial charge in [0.2, 0.25) is 0 Å². The van der Waals surface area contributed by atoms with Gasteiger partial charge < -0.3 is 15.9 Å². The summed E-state index contributed by atoms with van der Waals surface area (Å²) in [6.07, 6.45) is 3.43. The first-order chi connectivity index (χ1) is 11.2. The van der Waals surface area contributed by atoms with Crippen molar-refractivity contribution < 1.29 is 5.21 Å². The maximum Gasteiger partial charge on any atom is 0.0802 e.